The zero-order valence-electron chi connectivity index (χ0n) is 22.4. The summed E-state index contributed by atoms with van der Waals surface area (Å²) in [6, 6.07) is 10.1. The van der Waals surface area contributed by atoms with Gasteiger partial charge in [0.1, 0.15) is 5.82 Å². The molecule has 0 spiro atoms. The number of halogens is 2. The van der Waals surface area contributed by atoms with Gasteiger partial charge in [0.05, 0.1) is 27.7 Å². The summed E-state index contributed by atoms with van der Waals surface area (Å²) in [5.41, 5.74) is 2.42. The molecule has 9 heteroatoms. The average molecular weight is 559 g/mol. The van der Waals surface area contributed by atoms with Gasteiger partial charge in [0.15, 0.2) is 0 Å². The molecule has 204 valence electrons. The summed E-state index contributed by atoms with van der Waals surface area (Å²) in [5.74, 6) is 0.277. The number of fused-ring (bicyclic) bond motifs is 1. The molecule has 38 heavy (non-hydrogen) atoms. The number of nitrogens with zero attached hydrogens (tertiary/aromatic N) is 3. The fraction of sp³-hybridized carbons (Fsp3) is 0.483. The minimum atomic E-state index is -0.364. The molecule has 1 saturated heterocycles. The molecule has 7 nitrogen and oxygen atoms in total. The van der Waals surface area contributed by atoms with Crippen LogP contribution < -0.4 is 5.32 Å². The summed E-state index contributed by atoms with van der Waals surface area (Å²) in [4.78, 5) is 38.7. The van der Waals surface area contributed by atoms with E-state index in [0.717, 1.165) is 69.3 Å². The fourth-order valence-electron chi connectivity index (χ4n) is 5.05. The summed E-state index contributed by atoms with van der Waals surface area (Å²) >= 11 is 12.7. The second-order valence-corrected chi connectivity index (χ2v) is 10.9. The van der Waals surface area contributed by atoms with Crippen LogP contribution in [-0.4, -0.2) is 63.8 Å². The fourth-order valence-corrected chi connectivity index (χ4v) is 5.48. The number of carbonyl (C=O) groups is 2. The molecule has 2 heterocycles. The van der Waals surface area contributed by atoms with Crippen molar-refractivity contribution in [3.05, 3.63) is 63.4 Å². The highest BCUT2D eigenvalue weighted by Crippen LogP contribution is 2.26. The minimum absolute atomic E-state index is 0.0625. The van der Waals surface area contributed by atoms with Gasteiger partial charge in [0.2, 0.25) is 0 Å². The molecule has 1 fully saturated rings. The van der Waals surface area contributed by atoms with Crippen LogP contribution >= 0.6 is 23.2 Å². The number of likely N-dealkylation sites (tertiary alicyclic amines) is 1. The van der Waals surface area contributed by atoms with Gasteiger partial charge in [-0.25, -0.2) is 4.98 Å². The Labute approximate surface area is 234 Å². The molecule has 1 aliphatic heterocycles. The summed E-state index contributed by atoms with van der Waals surface area (Å²) in [5, 5.41) is 3.85. The molecule has 0 radical (unpaired) electrons. The molecule has 1 aliphatic rings. The first-order valence-corrected chi connectivity index (χ1v) is 14.3. The Balaban J connectivity index is 1.44. The van der Waals surface area contributed by atoms with Crippen LogP contribution in [-0.2, 0) is 0 Å². The Bertz CT molecular complexity index is 1280. The topological polar surface area (TPSA) is 81.3 Å². The largest absolute Gasteiger partial charge is 0.342 e. The third-order valence-electron chi connectivity index (χ3n) is 7.31. The third kappa shape index (κ3) is 6.68. The number of carbonyl (C=O) groups excluding carboxylic acids is 2. The number of imidazole rings is 1. The van der Waals surface area contributed by atoms with Gasteiger partial charge in [-0.1, -0.05) is 43.5 Å². The first-order valence-electron chi connectivity index (χ1n) is 13.6. The highest BCUT2D eigenvalue weighted by Gasteiger charge is 2.30. The molecule has 2 atom stereocenters. The van der Waals surface area contributed by atoms with E-state index in [0.29, 0.717) is 22.0 Å². The van der Waals surface area contributed by atoms with E-state index in [2.05, 4.69) is 34.0 Å². The number of hydrogen-bond donors (Lipinski definition) is 2. The Morgan fingerprint density at radius 2 is 2.00 bits per heavy atom. The van der Waals surface area contributed by atoms with Crippen LogP contribution in [0.25, 0.3) is 11.0 Å². The van der Waals surface area contributed by atoms with E-state index in [1.807, 2.05) is 17.9 Å². The zero-order valence-corrected chi connectivity index (χ0v) is 23.9. The Kier molecular flexibility index (Phi) is 9.69. The molecule has 1 aromatic heterocycles. The van der Waals surface area contributed by atoms with Gasteiger partial charge in [-0.2, -0.15) is 0 Å². The molecule has 2 unspecified atom stereocenters. The van der Waals surface area contributed by atoms with Crippen molar-refractivity contribution in [2.45, 2.75) is 65.0 Å². The van der Waals surface area contributed by atoms with Crippen molar-refractivity contribution in [3.63, 3.8) is 0 Å². The monoisotopic (exact) mass is 557 g/mol. The Morgan fingerprint density at radius 3 is 2.74 bits per heavy atom. The lowest BCUT2D eigenvalue weighted by molar-refractivity contribution is 0.0547. The standard InChI is InChI=1S/C29H37Cl2N5O2/c1-4-6-14-35(5-2)18-22-9-7-8-15-36(22)29(38)23-12-10-20(16-24(23)31)28(37)32-19(3)27-33-25-13-11-21(30)17-26(25)34-27/h10-13,16-17,19,22H,4-9,14-15,18H2,1-3H3,(H,32,37)(H,33,34). The van der Waals surface area contributed by atoms with Crippen molar-refractivity contribution >= 4 is 46.0 Å². The number of piperidine rings is 1. The van der Waals surface area contributed by atoms with Crippen molar-refractivity contribution in [1.82, 2.24) is 25.1 Å². The van der Waals surface area contributed by atoms with E-state index >= 15 is 0 Å². The number of likely N-dealkylation sites (N-methyl/N-ethyl adjacent to an activating group) is 1. The molecule has 2 N–H and O–H groups in total. The average Bonchev–Trinajstić information content (AvgIpc) is 3.34. The Hall–Kier alpha value is -2.61. The first kappa shape index (κ1) is 28.4. The van der Waals surface area contributed by atoms with Crippen LogP contribution in [0.4, 0.5) is 0 Å². The Morgan fingerprint density at radius 1 is 1.18 bits per heavy atom. The lowest BCUT2D eigenvalue weighted by atomic mass is 9.99. The minimum Gasteiger partial charge on any atom is -0.342 e. The summed E-state index contributed by atoms with van der Waals surface area (Å²) in [7, 11) is 0. The highest BCUT2D eigenvalue weighted by molar-refractivity contribution is 6.34. The predicted octanol–water partition coefficient (Wildman–Crippen LogP) is 6.48. The molecule has 3 aromatic rings. The van der Waals surface area contributed by atoms with E-state index in [9.17, 15) is 9.59 Å². The summed E-state index contributed by atoms with van der Waals surface area (Å²) in [6.07, 6.45) is 5.44. The number of amides is 2. The van der Waals surface area contributed by atoms with Crippen LogP contribution in [0.2, 0.25) is 10.0 Å². The SMILES string of the molecule is CCCCN(CC)CC1CCCCN1C(=O)c1ccc(C(=O)NC(C)c2nc3cc(Cl)ccc3[nH]2)cc1Cl. The predicted molar refractivity (Wildman–Crippen MR) is 154 cm³/mol. The summed E-state index contributed by atoms with van der Waals surface area (Å²) in [6.45, 7) is 9.87. The first-order chi connectivity index (χ1) is 18.3. The van der Waals surface area contributed by atoms with Gasteiger partial charge in [0.25, 0.3) is 11.8 Å². The van der Waals surface area contributed by atoms with Crippen molar-refractivity contribution < 1.29 is 9.59 Å². The maximum absolute atomic E-state index is 13.6. The second kappa shape index (κ2) is 13.0. The van der Waals surface area contributed by atoms with E-state index in [-0.39, 0.29) is 28.9 Å². The van der Waals surface area contributed by atoms with Crippen LogP contribution in [0.1, 0.15) is 85.5 Å². The molecular weight excluding hydrogens is 521 g/mol. The number of rotatable bonds is 10. The van der Waals surface area contributed by atoms with E-state index in [1.54, 1.807) is 30.3 Å². The van der Waals surface area contributed by atoms with Gasteiger partial charge in [-0.3, -0.25) is 9.59 Å². The maximum atomic E-state index is 13.6. The van der Waals surface area contributed by atoms with Gasteiger partial charge < -0.3 is 20.1 Å². The van der Waals surface area contributed by atoms with Crippen molar-refractivity contribution in [2.75, 3.05) is 26.2 Å². The maximum Gasteiger partial charge on any atom is 0.255 e. The van der Waals surface area contributed by atoms with Crippen LogP contribution in [0.5, 0.6) is 0 Å². The quantitative estimate of drug-likeness (QED) is 0.299. The smallest absolute Gasteiger partial charge is 0.255 e. The molecule has 0 saturated carbocycles. The van der Waals surface area contributed by atoms with Gasteiger partial charge in [0, 0.05) is 29.7 Å². The third-order valence-corrected chi connectivity index (χ3v) is 7.86. The van der Waals surface area contributed by atoms with E-state index < -0.39 is 0 Å². The number of aromatic nitrogens is 2. The zero-order chi connectivity index (χ0) is 27.2. The van der Waals surface area contributed by atoms with Crippen molar-refractivity contribution in [1.29, 1.82) is 0 Å². The lowest BCUT2D eigenvalue weighted by Crippen LogP contribution is -2.49. The normalized spacial score (nSPS) is 16.7. The molecule has 0 bridgehead atoms. The number of benzene rings is 2. The van der Waals surface area contributed by atoms with Gasteiger partial charge in [-0.05, 0) is 82.1 Å². The number of hydrogen-bond acceptors (Lipinski definition) is 4. The van der Waals surface area contributed by atoms with Crippen LogP contribution in [0, 0.1) is 0 Å². The molecule has 2 aromatic carbocycles. The number of unbranched alkanes of at least 4 members (excludes halogenated alkanes) is 1. The molecule has 4 rings (SSSR count). The molecular formula is C29H37Cl2N5O2. The van der Waals surface area contributed by atoms with Crippen molar-refractivity contribution in [2.24, 2.45) is 0 Å². The lowest BCUT2D eigenvalue weighted by Gasteiger charge is -2.39. The molecule has 0 aliphatic carbocycles. The van der Waals surface area contributed by atoms with Gasteiger partial charge in [-0.15, -0.1) is 0 Å². The van der Waals surface area contributed by atoms with Crippen LogP contribution in [0.15, 0.2) is 36.4 Å². The van der Waals surface area contributed by atoms with Gasteiger partial charge >= 0.3 is 0 Å². The highest BCUT2D eigenvalue weighted by atomic mass is 35.5. The van der Waals surface area contributed by atoms with E-state index in [4.69, 9.17) is 23.2 Å². The number of nitrogens with one attached hydrogen (secondary N) is 2. The second-order valence-electron chi connectivity index (χ2n) is 10.1. The van der Waals surface area contributed by atoms with Crippen LogP contribution in [0.3, 0.4) is 0 Å². The molecule has 2 amide bonds. The van der Waals surface area contributed by atoms with E-state index in [1.165, 1.54) is 0 Å². The number of aromatic amines is 1. The number of H-pyrrole nitrogens is 1. The summed E-state index contributed by atoms with van der Waals surface area (Å²) < 4.78 is 0. The van der Waals surface area contributed by atoms with Crippen molar-refractivity contribution in [3.8, 4) is 0 Å².